The van der Waals surface area contributed by atoms with Gasteiger partial charge in [0, 0.05) is 50.7 Å². The number of aromatic nitrogens is 5. The smallest absolute Gasteiger partial charge is 0.256 e. The first-order valence-electron chi connectivity index (χ1n) is 9.63. The van der Waals surface area contributed by atoms with Crippen molar-refractivity contribution in [1.82, 2.24) is 34.6 Å². The van der Waals surface area contributed by atoms with Crippen molar-refractivity contribution in [1.29, 1.82) is 0 Å². The molecule has 28 heavy (non-hydrogen) atoms. The van der Waals surface area contributed by atoms with Crippen LogP contribution in [0, 0.1) is 6.92 Å². The summed E-state index contributed by atoms with van der Waals surface area (Å²) < 4.78 is 8.94. The topological polar surface area (TPSA) is 89.6 Å². The van der Waals surface area contributed by atoms with Crippen LogP contribution in [0.1, 0.15) is 23.0 Å². The molecular weight excluding hydrogens is 358 g/mol. The first kappa shape index (κ1) is 18.6. The SMILES string of the molecule is CCn1cc(-c2ccnc3c(C(=O)NCCN4CCOCC4)cnn23)c(C)n1. The monoisotopic (exact) mass is 383 g/mol. The lowest BCUT2D eigenvalue weighted by molar-refractivity contribution is 0.0383. The summed E-state index contributed by atoms with van der Waals surface area (Å²) in [5.41, 5.74) is 3.79. The zero-order valence-corrected chi connectivity index (χ0v) is 16.3. The molecule has 0 atom stereocenters. The number of hydrogen-bond donors (Lipinski definition) is 1. The molecule has 0 bridgehead atoms. The molecule has 1 N–H and O–H groups in total. The van der Waals surface area contributed by atoms with Crippen LogP contribution in [0.2, 0.25) is 0 Å². The van der Waals surface area contributed by atoms with Crippen LogP contribution >= 0.6 is 0 Å². The van der Waals surface area contributed by atoms with E-state index in [0.717, 1.165) is 56.3 Å². The Kier molecular flexibility index (Phi) is 5.36. The van der Waals surface area contributed by atoms with Gasteiger partial charge in [0.2, 0.25) is 0 Å². The van der Waals surface area contributed by atoms with Crippen molar-refractivity contribution >= 4 is 11.6 Å². The minimum absolute atomic E-state index is 0.158. The molecule has 1 amide bonds. The van der Waals surface area contributed by atoms with Gasteiger partial charge in [-0.15, -0.1) is 0 Å². The largest absolute Gasteiger partial charge is 0.379 e. The molecule has 0 aliphatic carbocycles. The van der Waals surface area contributed by atoms with Gasteiger partial charge in [-0.3, -0.25) is 14.4 Å². The van der Waals surface area contributed by atoms with Crippen molar-refractivity contribution in [3.05, 3.63) is 35.9 Å². The maximum Gasteiger partial charge on any atom is 0.256 e. The summed E-state index contributed by atoms with van der Waals surface area (Å²) in [7, 11) is 0. The summed E-state index contributed by atoms with van der Waals surface area (Å²) in [5, 5.41) is 11.9. The number of carbonyl (C=O) groups excluding carboxylic acids is 1. The highest BCUT2D eigenvalue weighted by Crippen LogP contribution is 2.23. The Morgan fingerprint density at radius 2 is 2.14 bits per heavy atom. The fourth-order valence-corrected chi connectivity index (χ4v) is 3.43. The lowest BCUT2D eigenvalue weighted by Crippen LogP contribution is -2.41. The third-order valence-electron chi connectivity index (χ3n) is 5.01. The molecule has 3 aromatic rings. The molecule has 0 aromatic carbocycles. The predicted octanol–water partition coefficient (Wildman–Crippen LogP) is 0.983. The van der Waals surface area contributed by atoms with Crippen molar-refractivity contribution < 1.29 is 9.53 Å². The number of rotatable bonds is 6. The van der Waals surface area contributed by atoms with E-state index in [1.54, 1.807) is 16.9 Å². The fraction of sp³-hybridized carbons (Fsp3) is 0.474. The first-order valence-corrected chi connectivity index (χ1v) is 9.63. The fourth-order valence-electron chi connectivity index (χ4n) is 3.43. The van der Waals surface area contributed by atoms with Gasteiger partial charge in [-0.2, -0.15) is 10.2 Å². The van der Waals surface area contributed by atoms with E-state index in [1.165, 1.54) is 0 Å². The van der Waals surface area contributed by atoms with Crippen molar-refractivity contribution in [3.63, 3.8) is 0 Å². The molecule has 148 valence electrons. The summed E-state index contributed by atoms with van der Waals surface area (Å²) in [6.07, 6.45) is 5.28. The minimum atomic E-state index is -0.158. The summed E-state index contributed by atoms with van der Waals surface area (Å²) in [5.74, 6) is -0.158. The predicted molar refractivity (Wildman–Crippen MR) is 104 cm³/mol. The summed E-state index contributed by atoms with van der Waals surface area (Å²) >= 11 is 0. The van der Waals surface area contributed by atoms with Gasteiger partial charge in [0.1, 0.15) is 5.56 Å². The van der Waals surface area contributed by atoms with Crippen LogP contribution < -0.4 is 5.32 Å². The second-order valence-corrected chi connectivity index (χ2v) is 6.82. The molecule has 9 heteroatoms. The summed E-state index contributed by atoms with van der Waals surface area (Å²) in [4.78, 5) is 19.3. The Morgan fingerprint density at radius 1 is 1.32 bits per heavy atom. The molecular formula is C19H25N7O2. The van der Waals surface area contributed by atoms with Gasteiger partial charge < -0.3 is 10.1 Å². The molecule has 1 aliphatic rings. The maximum absolute atomic E-state index is 12.7. The van der Waals surface area contributed by atoms with Gasteiger partial charge in [-0.05, 0) is 19.9 Å². The Labute approximate surface area is 163 Å². The van der Waals surface area contributed by atoms with E-state index in [0.29, 0.717) is 17.8 Å². The summed E-state index contributed by atoms with van der Waals surface area (Å²) in [6, 6.07) is 1.89. The van der Waals surface area contributed by atoms with Crippen molar-refractivity contribution in [3.8, 4) is 11.3 Å². The number of nitrogens with one attached hydrogen (secondary N) is 1. The Hall–Kier alpha value is -2.78. The number of nitrogens with zero attached hydrogens (tertiary/aromatic N) is 6. The van der Waals surface area contributed by atoms with E-state index in [2.05, 4.69) is 25.4 Å². The number of morpholine rings is 1. The van der Waals surface area contributed by atoms with E-state index < -0.39 is 0 Å². The second kappa shape index (κ2) is 8.07. The highest BCUT2D eigenvalue weighted by molar-refractivity contribution is 5.99. The molecule has 9 nitrogen and oxygen atoms in total. The van der Waals surface area contributed by atoms with Crippen LogP contribution in [-0.2, 0) is 11.3 Å². The van der Waals surface area contributed by atoms with Crippen LogP contribution in [0.25, 0.3) is 16.9 Å². The molecule has 1 fully saturated rings. The number of ether oxygens (including phenoxy) is 1. The lowest BCUT2D eigenvalue weighted by Gasteiger charge is -2.26. The van der Waals surface area contributed by atoms with Gasteiger partial charge >= 0.3 is 0 Å². The van der Waals surface area contributed by atoms with Gasteiger partial charge in [-0.1, -0.05) is 0 Å². The number of aryl methyl sites for hydroxylation is 2. The Balaban J connectivity index is 1.52. The molecule has 1 saturated heterocycles. The van der Waals surface area contributed by atoms with Gasteiger partial charge in [0.05, 0.1) is 30.8 Å². The van der Waals surface area contributed by atoms with Crippen LogP contribution in [0.4, 0.5) is 0 Å². The van der Waals surface area contributed by atoms with Crippen LogP contribution in [0.15, 0.2) is 24.7 Å². The van der Waals surface area contributed by atoms with E-state index >= 15 is 0 Å². The number of fused-ring (bicyclic) bond motifs is 1. The quantitative estimate of drug-likeness (QED) is 0.683. The minimum Gasteiger partial charge on any atom is -0.379 e. The van der Waals surface area contributed by atoms with Crippen molar-refractivity contribution in [2.24, 2.45) is 0 Å². The third kappa shape index (κ3) is 3.63. The highest BCUT2D eigenvalue weighted by atomic mass is 16.5. The Morgan fingerprint density at radius 3 is 2.89 bits per heavy atom. The number of carbonyl (C=O) groups is 1. The van der Waals surface area contributed by atoms with Crippen LogP contribution in [-0.4, -0.2) is 74.6 Å². The number of hydrogen-bond acceptors (Lipinski definition) is 6. The summed E-state index contributed by atoms with van der Waals surface area (Å²) in [6.45, 7) is 9.52. The first-order chi connectivity index (χ1) is 13.7. The maximum atomic E-state index is 12.7. The van der Waals surface area contributed by atoms with E-state index in [4.69, 9.17) is 4.74 Å². The van der Waals surface area contributed by atoms with Gasteiger partial charge in [0.25, 0.3) is 5.91 Å². The molecule has 1 aliphatic heterocycles. The zero-order chi connectivity index (χ0) is 19.5. The molecule has 4 rings (SSSR count). The molecule has 0 saturated carbocycles. The normalized spacial score (nSPS) is 15.2. The average molecular weight is 383 g/mol. The molecule has 0 radical (unpaired) electrons. The van der Waals surface area contributed by atoms with Gasteiger partial charge in [0.15, 0.2) is 5.65 Å². The van der Waals surface area contributed by atoms with E-state index in [-0.39, 0.29) is 5.91 Å². The zero-order valence-electron chi connectivity index (χ0n) is 16.3. The van der Waals surface area contributed by atoms with Crippen LogP contribution in [0.5, 0.6) is 0 Å². The van der Waals surface area contributed by atoms with Crippen molar-refractivity contribution in [2.75, 3.05) is 39.4 Å². The Bertz CT molecular complexity index is 972. The second-order valence-electron chi connectivity index (χ2n) is 6.82. The lowest BCUT2D eigenvalue weighted by atomic mass is 10.2. The number of amides is 1. The standard InChI is InChI=1S/C19H25N7O2/c1-3-25-13-16(14(2)23-25)17-4-5-20-18-15(12-22-26(17)18)19(27)21-6-7-24-8-10-28-11-9-24/h4-5,12-13H,3,6-11H2,1-2H3,(H,21,27). The van der Waals surface area contributed by atoms with E-state index in [9.17, 15) is 4.79 Å². The molecule has 4 heterocycles. The highest BCUT2D eigenvalue weighted by Gasteiger charge is 2.18. The van der Waals surface area contributed by atoms with Crippen LogP contribution in [0.3, 0.4) is 0 Å². The van der Waals surface area contributed by atoms with E-state index in [1.807, 2.05) is 30.8 Å². The average Bonchev–Trinajstić information content (AvgIpc) is 3.32. The van der Waals surface area contributed by atoms with Gasteiger partial charge in [-0.25, -0.2) is 9.50 Å². The molecule has 0 spiro atoms. The molecule has 3 aromatic heterocycles. The molecule has 0 unspecified atom stereocenters. The third-order valence-corrected chi connectivity index (χ3v) is 5.01. The van der Waals surface area contributed by atoms with Crippen molar-refractivity contribution in [2.45, 2.75) is 20.4 Å².